The fourth-order valence-electron chi connectivity index (χ4n) is 0.892. The van der Waals surface area contributed by atoms with E-state index in [9.17, 15) is 0 Å². The molecule has 0 heterocycles. The maximum atomic E-state index is 3.57. The second-order valence-corrected chi connectivity index (χ2v) is 8.17. The first-order valence-corrected chi connectivity index (χ1v) is 7.36. The Morgan fingerprint density at radius 2 is 1.93 bits per heavy atom. The van der Waals surface area contributed by atoms with Crippen LogP contribution in [0, 0.1) is 0 Å². The number of halogens is 2. The molecule has 1 aromatic carbocycles. The number of hydrogen-bond donors (Lipinski definition) is 0. The first-order chi connectivity index (χ1) is 6.43. The van der Waals surface area contributed by atoms with Crippen molar-refractivity contribution in [3.63, 3.8) is 0 Å². The van der Waals surface area contributed by atoms with Crippen LogP contribution in [0.2, 0.25) is 0 Å². The summed E-state index contributed by atoms with van der Waals surface area (Å²) in [6.07, 6.45) is 0. The SMILES string of the molecule is C[C@@H](I)C(C)(C)Sc1ccccc1Br. The minimum atomic E-state index is 0.268. The maximum absolute atomic E-state index is 3.57. The Bertz CT molecular complexity index is 310. The van der Waals surface area contributed by atoms with Crippen molar-refractivity contribution in [3.8, 4) is 0 Å². The monoisotopic (exact) mass is 384 g/mol. The fourth-order valence-corrected chi connectivity index (χ4v) is 2.84. The molecule has 14 heavy (non-hydrogen) atoms. The van der Waals surface area contributed by atoms with Gasteiger partial charge in [0.1, 0.15) is 0 Å². The van der Waals surface area contributed by atoms with Crippen LogP contribution in [0.4, 0.5) is 0 Å². The lowest BCUT2D eigenvalue weighted by Crippen LogP contribution is -2.24. The molecule has 0 spiro atoms. The summed E-state index contributed by atoms with van der Waals surface area (Å²) in [6, 6.07) is 8.39. The molecule has 3 heteroatoms. The molecule has 0 aliphatic carbocycles. The molecule has 0 aliphatic heterocycles. The first-order valence-electron chi connectivity index (χ1n) is 4.51. The van der Waals surface area contributed by atoms with Gasteiger partial charge < -0.3 is 0 Å². The van der Waals surface area contributed by atoms with Gasteiger partial charge >= 0.3 is 0 Å². The van der Waals surface area contributed by atoms with E-state index in [4.69, 9.17) is 0 Å². The normalized spacial score (nSPS) is 14.1. The summed E-state index contributed by atoms with van der Waals surface area (Å²) >= 11 is 7.99. The van der Waals surface area contributed by atoms with E-state index in [0.717, 1.165) is 0 Å². The fraction of sp³-hybridized carbons (Fsp3) is 0.455. The van der Waals surface area contributed by atoms with Gasteiger partial charge in [-0.15, -0.1) is 11.8 Å². The third-order valence-electron chi connectivity index (χ3n) is 2.17. The zero-order valence-corrected chi connectivity index (χ0v) is 13.1. The van der Waals surface area contributed by atoms with Gasteiger partial charge in [-0.1, -0.05) is 41.6 Å². The van der Waals surface area contributed by atoms with Crippen LogP contribution < -0.4 is 0 Å². The molecule has 0 saturated heterocycles. The standard InChI is InChI=1S/C11H14BrIS/c1-8(13)11(2,3)14-10-7-5-4-6-9(10)12/h4-8H,1-3H3/t8-/m1/s1. The van der Waals surface area contributed by atoms with Crippen molar-refractivity contribution < 1.29 is 0 Å². The van der Waals surface area contributed by atoms with Crippen LogP contribution in [-0.4, -0.2) is 8.67 Å². The molecule has 0 saturated carbocycles. The average molecular weight is 385 g/mol. The smallest absolute Gasteiger partial charge is 0.0311 e. The van der Waals surface area contributed by atoms with Gasteiger partial charge in [-0.25, -0.2) is 0 Å². The van der Waals surface area contributed by atoms with Crippen LogP contribution in [0.25, 0.3) is 0 Å². The highest BCUT2D eigenvalue weighted by Gasteiger charge is 2.25. The molecule has 1 atom stereocenters. The van der Waals surface area contributed by atoms with E-state index in [-0.39, 0.29) is 4.75 Å². The van der Waals surface area contributed by atoms with E-state index in [1.807, 2.05) is 11.8 Å². The molecular formula is C11H14BrIS. The van der Waals surface area contributed by atoms with Crippen LogP contribution >= 0.6 is 50.3 Å². The number of rotatable bonds is 3. The third kappa shape index (κ3) is 3.42. The van der Waals surface area contributed by atoms with Gasteiger partial charge in [0.2, 0.25) is 0 Å². The Morgan fingerprint density at radius 1 is 1.36 bits per heavy atom. The van der Waals surface area contributed by atoms with Crippen molar-refractivity contribution in [2.45, 2.75) is 34.3 Å². The van der Waals surface area contributed by atoms with E-state index in [1.54, 1.807) is 0 Å². The average Bonchev–Trinajstić information content (AvgIpc) is 2.08. The molecule has 1 aromatic rings. The zero-order chi connectivity index (χ0) is 10.8. The molecule has 0 fully saturated rings. The van der Waals surface area contributed by atoms with Crippen molar-refractivity contribution in [2.75, 3.05) is 0 Å². The minimum Gasteiger partial charge on any atom is -0.118 e. The highest BCUT2D eigenvalue weighted by atomic mass is 127. The van der Waals surface area contributed by atoms with Crippen molar-refractivity contribution in [1.29, 1.82) is 0 Å². The number of alkyl halides is 1. The number of hydrogen-bond acceptors (Lipinski definition) is 1. The maximum Gasteiger partial charge on any atom is 0.0311 e. The van der Waals surface area contributed by atoms with Crippen molar-refractivity contribution in [2.24, 2.45) is 0 Å². The Labute approximate surface area is 113 Å². The first kappa shape index (κ1) is 12.8. The second kappa shape index (κ2) is 5.21. The molecule has 0 bridgehead atoms. The summed E-state index contributed by atoms with van der Waals surface area (Å²) in [6.45, 7) is 6.83. The molecule has 0 unspecified atom stereocenters. The van der Waals surface area contributed by atoms with Crippen molar-refractivity contribution in [1.82, 2.24) is 0 Å². The Morgan fingerprint density at radius 3 is 2.43 bits per heavy atom. The zero-order valence-electron chi connectivity index (χ0n) is 8.55. The Balaban J connectivity index is 2.84. The topological polar surface area (TPSA) is 0 Å². The molecule has 1 rings (SSSR count). The molecular weight excluding hydrogens is 371 g/mol. The summed E-state index contributed by atoms with van der Waals surface area (Å²) in [5, 5.41) is 0. The van der Waals surface area contributed by atoms with Crippen LogP contribution in [0.3, 0.4) is 0 Å². The summed E-state index contributed by atoms with van der Waals surface area (Å²) in [5.41, 5.74) is 0. The van der Waals surface area contributed by atoms with Gasteiger partial charge in [-0.3, -0.25) is 0 Å². The summed E-state index contributed by atoms with van der Waals surface area (Å²) < 4.78 is 2.09. The van der Waals surface area contributed by atoms with Gasteiger partial charge in [0.05, 0.1) is 0 Å². The Kier molecular flexibility index (Phi) is 4.78. The van der Waals surface area contributed by atoms with Gasteiger partial charge in [-0.2, -0.15) is 0 Å². The van der Waals surface area contributed by atoms with E-state index in [2.05, 4.69) is 83.6 Å². The number of thioether (sulfide) groups is 1. The summed E-state index contributed by atoms with van der Waals surface area (Å²) in [5.74, 6) is 0. The minimum absolute atomic E-state index is 0.268. The molecule has 0 amide bonds. The predicted octanol–water partition coefficient (Wildman–Crippen LogP) is 5.14. The van der Waals surface area contributed by atoms with E-state index in [1.165, 1.54) is 9.37 Å². The molecule has 0 radical (unpaired) electrons. The molecule has 0 aliphatic rings. The highest BCUT2D eigenvalue weighted by molar-refractivity contribution is 14.1. The molecule has 0 aromatic heterocycles. The van der Waals surface area contributed by atoms with Gasteiger partial charge in [0.15, 0.2) is 0 Å². The molecule has 78 valence electrons. The third-order valence-corrected chi connectivity index (χ3v) is 6.56. The highest BCUT2D eigenvalue weighted by Crippen LogP contribution is 2.40. The van der Waals surface area contributed by atoms with Gasteiger partial charge in [0.25, 0.3) is 0 Å². The summed E-state index contributed by atoms with van der Waals surface area (Å²) in [4.78, 5) is 1.32. The molecule has 0 nitrogen and oxygen atoms in total. The van der Waals surface area contributed by atoms with Crippen LogP contribution in [0.1, 0.15) is 20.8 Å². The van der Waals surface area contributed by atoms with Crippen molar-refractivity contribution in [3.05, 3.63) is 28.7 Å². The summed E-state index contributed by atoms with van der Waals surface area (Å²) in [7, 11) is 0. The van der Waals surface area contributed by atoms with Gasteiger partial charge in [-0.05, 0) is 41.9 Å². The second-order valence-electron chi connectivity index (χ2n) is 3.75. The largest absolute Gasteiger partial charge is 0.118 e. The lowest BCUT2D eigenvalue weighted by atomic mass is 10.1. The van der Waals surface area contributed by atoms with E-state index in [0.29, 0.717) is 3.92 Å². The van der Waals surface area contributed by atoms with Crippen molar-refractivity contribution >= 4 is 50.3 Å². The van der Waals surface area contributed by atoms with E-state index >= 15 is 0 Å². The number of benzene rings is 1. The van der Waals surface area contributed by atoms with Crippen LogP contribution in [0.15, 0.2) is 33.6 Å². The quantitative estimate of drug-likeness (QED) is 0.394. The van der Waals surface area contributed by atoms with Crippen LogP contribution in [0.5, 0.6) is 0 Å². The molecule has 0 N–H and O–H groups in total. The lowest BCUT2D eigenvalue weighted by Gasteiger charge is -2.27. The van der Waals surface area contributed by atoms with E-state index < -0.39 is 0 Å². The van der Waals surface area contributed by atoms with Crippen LogP contribution in [-0.2, 0) is 0 Å². The lowest BCUT2D eigenvalue weighted by molar-refractivity contribution is 0.721. The van der Waals surface area contributed by atoms with Gasteiger partial charge in [0, 0.05) is 18.0 Å². The Hall–Kier alpha value is 0.780. The predicted molar refractivity (Wildman–Crippen MR) is 77.6 cm³/mol.